The van der Waals surface area contributed by atoms with E-state index in [0.717, 1.165) is 0 Å². The van der Waals surface area contributed by atoms with Gasteiger partial charge in [-0.25, -0.2) is 8.37 Å². The van der Waals surface area contributed by atoms with E-state index in [1.165, 1.54) is 0 Å². The van der Waals surface area contributed by atoms with Crippen LogP contribution in [0.2, 0.25) is 0 Å². The van der Waals surface area contributed by atoms with Crippen molar-refractivity contribution >= 4 is 10.4 Å². The molecule has 9 heteroatoms. The highest BCUT2D eigenvalue weighted by Crippen LogP contribution is 2.45. The Balaban J connectivity index is 1.95. The monoisotopic (exact) mass is 281 g/mol. The SMILES string of the molecule is CC1(C)O[C@H]2[C@@H]3OS(=O)(=O)O[C@@H]3CO[C@@]2(CN)O1. The van der Waals surface area contributed by atoms with E-state index in [0.29, 0.717) is 0 Å². The minimum Gasteiger partial charge on any atom is -0.343 e. The Morgan fingerprint density at radius 2 is 2.06 bits per heavy atom. The predicted molar refractivity (Wildman–Crippen MR) is 56.4 cm³/mol. The third-order valence-electron chi connectivity index (χ3n) is 3.17. The molecule has 0 aliphatic carbocycles. The number of ether oxygens (including phenoxy) is 3. The Morgan fingerprint density at radius 1 is 1.33 bits per heavy atom. The molecule has 0 unspecified atom stereocenters. The van der Waals surface area contributed by atoms with Crippen LogP contribution in [0, 0.1) is 0 Å². The first-order chi connectivity index (χ1) is 8.27. The van der Waals surface area contributed by atoms with Gasteiger partial charge in [0, 0.05) is 0 Å². The smallest absolute Gasteiger partial charge is 0.343 e. The molecule has 0 bridgehead atoms. The highest BCUT2D eigenvalue weighted by Gasteiger charge is 2.65. The Labute approximate surface area is 105 Å². The summed E-state index contributed by atoms with van der Waals surface area (Å²) in [5.41, 5.74) is 5.67. The van der Waals surface area contributed by atoms with Gasteiger partial charge < -0.3 is 19.9 Å². The van der Waals surface area contributed by atoms with Gasteiger partial charge in [0.2, 0.25) is 5.79 Å². The van der Waals surface area contributed by atoms with E-state index in [9.17, 15) is 8.42 Å². The van der Waals surface area contributed by atoms with Crippen LogP contribution in [-0.2, 0) is 33.0 Å². The molecule has 0 amide bonds. The normalized spacial score (nSPS) is 48.7. The number of nitrogens with two attached hydrogens (primary N) is 1. The van der Waals surface area contributed by atoms with Gasteiger partial charge in [-0.05, 0) is 13.8 Å². The second-order valence-corrected chi connectivity index (χ2v) is 6.17. The summed E-state index contributed by atoms with van der Waals surface area (Å²) in [6.45, 7) is 3.46. The maximum Gasteiger partial charge on any atom is 0.400 e. The minimum atomic E-state index is -4.00. The fourth-order valence-electron chi connectivity index (χ4n) is 2.56. The van der Waals surface area contributed by atoms with Crippen molar-refractivity contribution in [2.75, 3.05) is 13.2 Å². The lowest BCUT2D eigenvalue weighted by molar-refractivity contribution is -0.274. The van der Waals surface area contributed by atoms with Gasteiger partial charge in [0.15, 0.2) is 5.79 Å². The number of fused-ring (bicyclic) bond motifs is 3. The van der Waals surface area contributed by atoms with Gasteiger partial charge in [-0.3, -0.25) is 0 Å². The highest BCUT2D eigenvalue weighted by molar-refractivity contribution is 7.82. The van der Waals surface area contributed by atoms with Gasteiger partial charge in [0.05, 0.1) is 13.2 Å². The van der Waals surface area contributed by atoms with Crippen molar-refractivity contribution in [3.05, 3.63) is 0 Å². The third kappa shape index (κ3) is 1.78. The van der Waals surface area contributed by atoms with Crippen molar-refractivity contribution < 1.29 is 31.0 Å². The second-order valence-electron chi connectivity index (χ2n) is 4.97. The van der Waals surface area contributed by atoms with Crippen molar-refractivity contribution in [3.63, 3.8) is 0 Å². The topological polar surface area (TPSA) is 106 Å². The lowest BCUT2D eigenvalue weighted by Crippen LogP contribution is -2.61. The van der Waals surface area contributed by atoms with Crippen LogP contribution >= 0.6 is 0 Å². The maximum atomic E-state index is 11.3. The molecule has 3 rings (SSSR count). The quantitative estimate of drug-likeness (QED) is 0.642. The van der Waals surface area contributed by atoms with Gasteiger partial charge in [0.25, 0.3) is 0 Å². The predicted octanol–water partition coefficient (Wildman–Crippen LogP) is -1.15. The molecule has 2 N–H and O–H groups in total. The standard InChI is InChI=1S/C9H15NO7S/c1-8(2)14-7-6-5(15-18(11,12)16-6)3-13-9(7,4-10)17-8/h5-7H,3-4,10H2,1-2H3/t5-,6-,7+,9+/m1/s1. The summed E-state index contributed by atoms with van der Waals surface area (Å²) in [4.78, 5) is 0. The molecular weight excluding hydrogens is 266 g/mol. The van der Waals surface area contributed by atoms with Gasteiger partial charge in [-0.2, -0.15) is 8.42 Å². The Morgan fingerprint density at radius 3 is 2.72 bits per heavy atom. The summed E-state index contributed by atoms with van der Waals surface area (Å²) < 4.78 is 49.2. The molecule has 0 aromatic carbocycles. The van der Waals surface area contributed by atoms with Crippen LogP contribution in [0.4, 0.5) is 0 Å². The maximum absolute atomic E-state index is 11.3. The molecule has 0 spiro atoms. The summed E-state index contributed by atoms with van der Waals surface area (Å²) in [7, 11) is -4.00. The Bertz CT molecular complexity index is 464. The molecule has 4 atom stereocenters. The van der Waals surface area contributed by atoms with E-state index in [4.69, 9.17) is 28.3 Å². The lowest BCUT2D eigenvalue weighted by Gasteiger charge is -2.39. The van der Waals surface area contributed by atoms with Crippen LogP contribution in [0.1, 0.15) is 13.8 Å². The Hall–Kier alpha value is -0.290. The fourth-order valence-corrected chi connectivity index (χ4v) is 3.57. The summed E-state index contributed by atoms with van der Waals surface area (Å²) >= 11 is 0. The van der Waals surface area contributed by atoms with Gasteiger partial charge in [-0.1, -0.05) is 0 Å². The van der Waals surface area contributed by atoms with E-state index in [1.807, 2.05) is 0 Å². The average molecular weight is 281 g/mol. The zero-order valence-corrected chi connectivity index (χ0v) is 10.8. The largest absolute Gasteiger partial charge is 0.400 e. The van der Waals surface area contributed by atoms with E-state index >= 15 is 0 Å². The minimum absolute atomic E-state index is 0.0248. The van der Waals surface area contributed by atoms with E-state index < -0.39 is 40.3 Å². The first kappa shape index (κ1) is 12.7. The average Bonchev–Trinajstić information content (AvgIpc) is 2.70. The molecule has 8 nitrogen and oxygen atoms in total. The molecule has 0 aromatic rings. The van der Waals surface area contributed by atoms with E-state index in [-0.39, 0.29) is 13.2 Å². The van der Waals surface area contributed by atoms with E-state index in [1.54, 1.807) is 13.8 Å². The van der Waals surface area contributed by atoms with Crippen molar-refractivity contribution in [1.29, 1.82) is 0 Å². The molecular formula is C9H15NO7S. The van der Waals surface area contributed by atoms with Crippen molar-refractivity contribution in [1.82, 2.24) is 0 Å². The molecule has 0 radical (unpaired) electrons. The van der Waals surface area contributed by atoms with Crippen LogP contribution in [0.15, 0.2) is 0 Å². The van der Waals surface area contributed by atoms with Crippen molar-refractivity contribution in [2.24, 2.45) is 5.73 Å². The zero-order valence-electron chi connectivity index (χ0n) is 9.99. The molecule has 3 aliphatic heterocycles. The molecule has 18 heavy (non-hydrogen) atoms. The third-order valence-corrected chi connectivity index (χ3v) is 4.12. The van der Waals surface area contributed by atoms with Crippen LogP contribution < -0.4 is 5.73 Å². The van der Waals surface area contributed by atoms with Gasteiger partial charge in [-0.15, -0.1) is 0 Å². The van der Waals surface area contributed by atoms with Crippen molar-refractivity contribution in [2.45, 2.75) is 43.7 Å². The molecule has 3 saturated heterocycles. The molecule has 0 aromatic heterocycles. The second kappa shape index (κ2) is 3.63. The highest BCUT2D eigenvalue weighted by atomic mass is 32.3. The fraction of sp³-hybridized carbons (Fsp3) is 1.00. The molecule has 104 valence electrons. The molecule has 3 heterocycles. The lowest BCUT2D eigenvalue weighted by atomic mass is 9.97. The summed E-state index contributed by atoms with van der Waals surface area (Å²) in [6.07, 6.45) is -2.26. The van der Waals surface area contributed by atoms with Crippen LogP contribution in [0.5, 0.6) is 0 Å². The van der Waals surface area contributed by atoms with E-state index in [2.05, 4.69) is 0 Å². The number of hydrogen-bond acceptors (Lipinski definition) is 8. The molecule has 3 aliphatic rings. The summed E-state index contributed by atoms with van der Waals surface area (Å²) in [6, 6.07) is 0. The number of hydrogen-bond donors (Lipinski definition) is 1. The van der Waals surface area contributed by atoms with Gasteiger partial charge in [0.1, 0.15) is 18.3 Å². The number of rotatable bonds is 1. The van der Waals surface area contributed by atoms with Gasteiger partial charge >= 0.3 is 10.4 Å². The van der Waals surface area contributed by atoms with Crippen LogP contribution in [0.3, 0.4) is 0 Å². The Kier molecular flexibility index (Phi) is 2.57. The summed E-state index contributed by atoms with van der Waals surface area (Å²) in [5, 5.41) is 0. The molecule has 3 fully saturated rings. The molecule has 0 saturated carbocycles. The zero-order chi connectivity index (χ0) is 13.2. The van der Waals surface area contributed by atoms with Crippen LogP contribution in [-0.4, -0.2) is 51.5 Å². The summed E-state index contributed by atoms with van der Waals surface area (Å²) in [5.74, 6) is -2.11. The van der Waals surface area contributed by atoms with Crippen molar-refractivity contribution in [3.8, 4) is 0 Å². The first-order valence-electron chi connectivity index (χ1n) is 5.60. The first-order valence-corrected chi connectivity index (χ1v) is 6.94. The van der Waals surface area contributed by atoms with Crippen LogP contribution in [0.25, 0.3) is 0 Å².